The second-order valence-corrected chi connectivity index (χ2v) is 8.11. The summed E-state index contributed by atoms with van der Waals surface area (Å²) in [5.74, 6) is 0.692. The molecule has 2 heterocycles. The molecule has 0 unspecified atom stereocenters. The zero-order chi connectivity index (χ0) is 17.0. The number of sulfonamides is 1. The van der Waals surface area contributed by atoms with Crippen molar-refractivity contribution < 1.29 is 8.42 Å². The zero-order valence-corrected chi connectivity index (χ0v) is 14.7. The van der Waals surface area contributed by atoms with Gasteiger partial charge in [-0.15, -0.1) is 11.3 Å². The van der Waals surface area contributed by atoms with Crippen molar-refractivity contribution in [2.24, 2.45) is 0 Å². The standard InChI is InChI=1S/C17H17N3O2S2/c1-13-5-2-3-6-14(13)11-18-16-9-8-15(12-19-16)20-24(21,22)17-7-4-10-23-17/h2-10,12,20H,11H2,1H3,(H,18,19). The average Bonchev–Trinajstić information content (AvgIpc) is 3.11. The monoisotopic (exact) mass is 359 g/mol. The highest BCUT2D eigenvalue weighted by molar-refractivity contribution is 7.94. The van der Waals surface area contributed by atoms with E-state index in [1.807, 2.05) is 12.1 Å². The van der Waals surface area contributed by atoms with E-state index >= 15 is 0 Å². The minimum absolute atomic E-state index is 0.282. The van der Waals surface area contributed by atoms with Crippen molar-refractivity contribution in [3.05, 3.63) is 71.2 Å². The van der Waals surface area contributed by atoms with Gasteiger partial charge in [-0.05, 0) is 41.6 Å². The lowest BCUT2D eigenvalue weighted by molar-refractivity contribution is 0.603. The fraction of sp³-hybridized carbons (Fsp3) is 0.118. The predicted molar refractivity (Wildman–Crippen MR) is 97.9 cm³/mol. The van der Waals surface area contributed by atoms with Gasteiger partial charge in [-0.25, -0.2) is 13.4 Å². The van der Waals surface area contributed by atoms with E-state index in [2.05, 4.69) is 34.1 Å². The second-order valence-electron chi connectivity index (χ2n) is 5.25. The molecule has 3 rings (SSSR count). The fourth-order valence-corrected chi connectivity index (χ4v) is 4.21. The molecule has 0 amide bonds. The van der Waals surface area contributed by atoms with Gasteiger partial charge >= 0.3 is 0 Å². The van der Waals surface area contributed by atoms with Crippen LogP contribution in [-0.2, 0) is 16.6 Å². The SMILES string of the molecule is Cc1ccccc1CNc1ccc(NS(=O)(=O)c2cccs2)cn1. The van der Waals surface area contributed by atoms with E-state index in [9.17, 15) is 8.42 Å². The predicted octanol–water partition coefficient (Wildman–Crippen LogP) is 3.86. The molecule has 0 radical (unpaired) electrons. The number of thiophene rings is 1. The van der Waals surface area contributed by atoms with Crippen LogP contribution in [0, 0.1) is 6.92 Å². The molecular weight excluding hydrogens is 342 g/mol. The number of aryl methyl sites for hydroxylation is 1. The van der Waals surface area contributed by atoms with Crippen molar-refractivity contribution >= 4 is 32.9 Å². The highest BCUT2D eigenvalue weighted by Crippen LogP contribution is 2.20. The Morgan fingerprint density at radius 3 is 2.58 bits per heavy atom. The number of aromatic nitrogens is 1. The van der Waals surface area contributed by atoms with Crippen molar-refractivity contribution in [3.63, 3.8) is 0 Å². The van der Waals surface area contributed by atoms with Gasteiger partial charge in [0, 0.05) is 6.54 Å². The number of benzene rings is 1. The van der Waals surface area contributed by atoms with Crippen molar-refractivity contribution in [3.8, 4) is 0 Å². The fourth-order valence-electron chi connectivity index (χ4n) is 2.17. The summed E-state index contributed by atoms with van der Waals surface area (Å²) in [4.78, 5) is 4.25. The van der Waals surface area contributed by atoms with Crippen LogP contribution in [0.3, 0.4) is 0 Å². The van der Waals surface area contributed by atoms with Gasteiger partial charge in [-0.1, -0.05) is 30.3 Å². The Labute approximate surface area is 145 Å². The van der Waals surface area contributed by atoms with Crippen molar-refractivity contribution in [2.75, 3.05) is 10.0 Å². The van der Waals surface area contributed by atoms with Crippen molar-refractivity contribution in [1.82, 2.24) is 4.98 Å². The van der Waals surface area contributed by atoms with Crippen LogP contribution in [-0.4, -0.2) is 13.4 Å². The lowest BCUT2D eigenvalue weighted by Crippen LogP contribution is -2.11. The maximum absolute atomic E-state index is 12.2. The topological polar surface area (TPSA) is 71.1 Å². The average molecular weight is 359 g/mol. The number of nitrogens with one attached hydrogen (secondary N) is 2. The summed E-state index contributed by atoms with van der Waals surface area (Å²) in [5, 5.41) is 4.96. The van der Waals surface area contributed by atoms with Gasteiger partial charge in [0.1, 0.15) is 10.0 Å². The van der Waals surface area contributed by atoms with Gasteiger partial charge in [0.15, 0.2) is 0 Å². The first kappa shape index (κ1) is 16.5. The van der Waals surface area contributed by atoms with Crippen molar-refractivity contribution in [1.29, 1.82) is 0 Å². The molecule has 0 spiro atoms. The molecule has 7 heteroatoms. The number of pyridine rings is 1. The highest BCUT2D eigenvalue weighted by atomic mass is 32.2. The molecular formula is C17H17N3O2S2. The summed E-state index contributed by atoms with van der Waals surface area (Å²) in [6, 6.07) is 14.8. The van der Waals surface area contributed by atoms with Crippen LogP contribution in [0.1, 0.15) is 11.1 Å². The molecule has 0 aliphatic carbocycles. The van der Waals surface area contributed by atoms with Gasteiger partial charge in [0.2, 0.25) is 0 Å². The summed E-state index contributed by atoms with van der Waals surface area (Å²) in [6.07, 6.45) is 1.51. The Bertz CT molecular complexity index is 905. The molecule has 5 nitrogen and oxygen atoms in total. The van der Waals surface area contributed by atoms with Crippen LogP contribution in [0.15, 0.2) is 64.3 Å². The van der Waals surface area contributed by atoms with E-state index in [1.165, 1.54) is 28.7 Å². The lowest BCUT2D eigenvalue weighted by atomic mass is 10.1. The minimum atomic E-state index is -3.54. The summed E-state index contributed by atoms with van der Waals surface area (Å²) in [5.41, 5.74) is 2.84. The number of hydrogen-bond donors (Lipinski definition) is 2. The molecule has 0 saturated heterocycles. The molecule has 24 heavy (non-hydrogen) atoms. The number of anilines is 2. The second kappa shape index (κ2) is 7.02. The third-order valence-corrected chi connectivity index (χ3v) is 6.28. The zero-order valence-electron chi connectivity index (χ0n) is 13.1. The number of hydrogen-bond acceptors (Lipinski definition) is 5. The molecule has 3 aromatic rings. The third-order valence-electron chi connectivity index (χ3n) is 3.50. The van der Waals surface area contributed by atoms with Gasteiger partial charge in [-0.3, -0.25) is 4.72 Å². The summed E-state index contributed by atoms with van der Waals surface area (Å²) >= 11 is 1.18. The molecule has 0 bridgehead atoms. The molecule has 0 atom stereocenters. The quantitative estimate of drug-likeness (QED) is 0.701. The number of rotatable bonds is 6. The molecule has 1 aromatic carbocycles. The Kier molecular flexibility index (Phi) is 4.82. The maximum Gasteiger partial charge on any atom is 0.271 e. The van der Waals surface area contributed by atoms with E-state index in [-0.39, 0.29) is 4.21 Å². The maximum atomic E-state index is 12.2. The Morgan fingerprint density at radius 2 is 1.92 bits per heavy atom. The van der Waals surface area contributed by atoms with Crippen molar-refractivity contribution in [2.45, 2.75) is 17.7 Å². The molecule has 2 N–H and O–H groups in total. The first-order valence-corrected chi connectivity index (χ1v) is 9.72. The summed E-state index contributed by atoms with van der Waals surface area (Å²) < 4.78 is 27.1. The van der Waals surface area contributed by atoms with Crippen LogP contribution in [0.5, 0.6) is 0 Å². The third kappa shape index (κ3) is 3.93. The molecule has 0 saturated carbocycles. The Morgan fingerprint density at radius 1 is 1.08 bits per heavy atom. The molecule has 0 aliphatic heterocycles. The summed E-state index contributed by atoms with van der Waals surface area (Å²) in [7, 11) is -3.54. The summed E-state index contributed by atoms with van der Waals surface area (Å²) in [6.45, 7) is 2.73. The van der Waals surface area contributed by atoms with E-state index in [4.69, 9.17) is 0 Å². The van der Waals surface area contributed by atoms with Gasteiger partial charge in [-0.2, -0.15) is 0 Å². The minimum Gasteiger partial charge on any atom is -0.366 e. The normalized spacial score (nSPS) is 11.2. The van der Waals surface area contributed by atoms with Gasteiger partial charge in [0.05, 0.1) is 11.9 Å². The Hall–Kier alpha value is -2.38. The highest BCUT2D eigenvalue weighted by Gasteiger charge is 2.15. The van der Waals surface area contributed by atoms with Crippen LogP contribution in [0.2, 0.25) is 0 Å². The smallest absolute Gasteiger partial charge is 0.271 e. The van der Waals surface area contributed by atoms with Crippen LogP contribution in [0.4, 0.5) is 11.5 Å². The van der Waals surface area contributed by atoms with Crippen LogP contribution >= 0.6 is 11.3 Å². The Balaban J connectivity index is 1.65. The lowest BCUT2D eigenvalue weighted by Gasteiger charge is -2.09. The van der Waals surface area contributed by atoms with Gasteiger partial charge in [0.25, 0.3) is 10.0 Å². The van der Waals surface area contributed by atoms with E-state index in [0.717, 1.165) is 0 Å². The molecule has 0 aliphatic rings. The first-order valence-electron chi connectivity index (χ1n) is 7.35. The van der Waals surface area contributed by atoms with Gasteiger partial charge < -0.3 is 5.32 Å². The van der Waals surface area contributed by atoms with Crippen LogP contribution in [0.25, 0.3) is 0 Å². The molecule has 2 aromatic heterocycles. The largest absolute Gasteiger partial charge is 0.366 e. The van der Waals surface area contributed by atoms with E-state index < -0.39 is 10.0 Å². The van der Waals surface area contributed by atoms with Crippen LogP contribution < -0.4 is 10.0 Å². The first-order chi connectivity index (χ1) is 11.5. The van der Waals surface area contributed by atoms with E-state index in [1.54, 1.807) is 29.6 Å². The molecule has 0 fully saturated rings. The molecule has 124 valence electrons. The number of nitrogens with zero attached hydrogens (tertiary/aromatic N) is 1. The van der Waals surface area contributed by atoms with E-state index in [0.29, 0.717) is 18.1 Å².